The van der Waals surface area contributed by atoms with E-state index in [2.05, 4.69) is 15.7 Å². The van der Waals surface area contributed by atoms with Crippen molar-refractivity contribution in [3.05, 3.63) is 47.2 Å². The molecule has 0 radical (unpaired) electrons. The quantitative estimate of drug-likeness (QED) is 0.747. The Labute approximate surface area is 157 Å². The molecule has 0 saturated heterocycles. The van der Waals surface area contributed by atoms with Gasteiger partial charge in [0.1, 0.15) is 12.4 Å². The van der Waals surface area contributed by atoms with Gasteiger partial charge in [0.2, 0.25) is 11.8 Å². The molecule has 3 rings (SSSR count). The van der Waals surface area contributed by atoms with Gasteiger partial charge in [0.05, 0.1) is 5.69 Å². The van der Waals surface area contributed by atoms with E-state index in [1.165, 1.54) is 5.56 Å². The third-order valence-corrected chi connectivity index (χ3v) is 5.20. The van der Waals surface area contributed by atoms with Crippen molar-refractivity contribution in [1.82, 2.24) is 15.1 Å². The largest absolute Gasteiger partial charge is 0.354 e. The highest BCUT2D eigenvalue weighted by molar-refractivity contribution is 7.98. The molecule has 0 saturated carbocycles. The summed E-state index contributed by atoms with van der Waals surface area (Å²) in [6.45, 7) is 2.67. The summed E-state index contributed by atoms with van der Waals surface area (Å²) >= 11 is 1.78. The lowest BCUT2D eigenvalue weighted by Gasteiger charge is -2.11. The van der Waals surface area contributed by atoms with Crippen molar-refractivity contribution < 1.29 is 9.59 Å². The van der Waals surface area contributed by atoms with Gasteiger partial charge in [-0.3, -0.25) is 9.59 Å². The maximum atomic E-state index is 12.3. The molecule has 6 nitrogen and oxygen atoms in total. The summed E-state index contributed by atoms with van der Waals surface area (Å²) in [6.07, 6.45) is 2.05. The van der Waals surface area contributed by atoms with Gasteiger partial charge in [-0.15, -0.1) is 0 Å². The van der Waals surface area contributed by atoms with E-state index >= 15 is 0 Å². The number of benzene rings is 1. The van der Waals surface area contributed by atoms with Gasteiger partial charge in [0, 0.05) is 30.0 Å². The zero-order valence-electron chi connectivity index (χ0n) is 15.0. The number of fused-ring (bicyclic) bond motifs is 1. The summed E-state index contributed by atoms with van der Waals surface area (Å²) in [5, 5.41) is 10.4. The second-order valence-corrected chi connectivity index (χ2v) is 7.29. The second kappa shape index (κ2) is 8.89. The van der Waals surface area contributed by atoms with Crippen LogP contribution in [0, 0.1) is 0 Å². The molecule has 1 aromatic heterocycles. The number of carbonyl (C=O) groups excluding carboxylic acids is 2. The van der Waals surface area contributed by atoms with Crippen molar-refractivity contribution in [3.63, 3.8) is 0 Å². The first kappa shape index (κ1) is 18.5. The first-order chi connectivity index (χ1) is 12.7. The highest BCUT2D eigenvalue weighted by atomic mass is 32.2. The van der Waals surface area contributed by atoms with Crippen LogP contribution in [0.1, 0.15) is 36.6 Å². The predicted octanol–water partition coefficient (Wildman–Crippen LogP) is 2.73. The molecule has 2 amide bonds. The fourth-order valence-electron chi connectivity index (χ4n) is 2.92. The molecule has 0 fully saturated rings. The van der Waals surface area contributed by atoms with Crippen molar-refractivity contribution in [1.29, 1.82) is 0 Å². The molecule has 2 aromatic rings. The number of anilines is 1. The average molecular weight is 372 g/mol. The molecule has 1 aliphatic rings. The number of rotatable bonds is 8. The van der Waals surface area contributed by atoms with E-state index in [1.807, 2.05) is 37.3 Å². The monoisotopic (exact) mass is 372 g/mol. The van der Waals surface area contributed by atoms with E-state index in [0.29, 0.717) is 18.8 Å². The smallest absolute Gasteiger partial charge is 0.241 e. The molecule has 0 spiro atoms. The van der Waals surface area contributed by atoms with Crippen LogP contribution in [0.2, 0.25) is 0 Å². The summed E-state index contributed by atoms with van der Waals surface area (Å²) in [5.74, 6) is 2.21. The van der Waals surface area contributed by atoms with Crippen molar-refractivity contribution in [2.24, 2.45) is 0 Å². The fourth-order valence-corrected chi connectivity index (χ4v) is 3.96. The first-order valence-electron chi connectivity index (χ1n) is 8.94. The highest BCUT2D eigenvalue weighted by Gasteiger charge is 2.24. The summed E-state index contributed by atoms with van der Waals surface area (Å²) in [6, 6.07) is 10.1. The Morgan fingerprint density at radius 3 is 2.77 bits per heavy atom. The van der Waals surface area contributed by atoms with Crippen LogP contribution in [-0.2, 0) is 34.1 Å². The minimum Gasteiger partial charge on any atom is -0.354 e. The molecule has 0 aliphatic carbocycles. The van der Waals surface area contributed by atoms with Gasteiger partial charge in [-0.1, -0.05) is 37.3 Å². The van der Waals surface area contributed by atoms with Crippen molar-refractivity contribution in [2.75, 3.05) is 11.9 Å². The van der Waals surface area contributed by atoms with Gasteiger partial charge < -0.3 is 10.6 Å². The van der Waals surface area contributed by atoms with E-state index < -0.39 is 0 Å². The Hall–Kier alpha value is -2.28. The zero-order valence-corrected chi connectivity index (χ0v) is 15.8. The van der Waals surface area contributed by atoms with Gasteiger partial charge in [-0.2, -0.15) is 16.9 Å². The molecule has 0 unspecified atom stereocenters. The average Bonchev–Trinajstić information content (AvgIpc) is 3.19. The molecule has 1 aliphatic heterocycles. The van der Waals surface area contributed by atoms with E-state index in [0.717, 1.165) is 35.6 Å². The lowest BCUT2D eigenvalue weighted by molar-refractivity contribution is -0.122. The minimum atomic E-state index is -0.0965. The van der Waals surface area contributed by atoms with Gasteiger partial charge in [-0.05, 0) is 18.4 Å². The molecule has 138 valence electrons. The number of carbonyl (C=O) groups is 2. The van der Waals surface area contributed by atoms with Crippen molar-refractivity contribution >= 4 is 29.4 Å². The lowest BCUT2D eigenvalue weighted by atomic mass is 10.1. The van der Waals surface area contributed by atoms with Crippen LogP contribution in [0.4, 0.5) is 5.82 Å². The number of nitrogens with zero attached hydrogens (tertiary/aromatic N) is 2. The van der Waals surface area contributed by atoms with Gasteiger partial charge in [0.25, 0.3) is 0 Å². The van der Waals surface area contributed by atoms with Crippen LogP contribution in [-0.4, -0.2) is 28.1 Å². The van der Waals surface area contributed by atoms with E-state index in [4.69, 9.17) is 0 Å². The normalized spacial score (nSPS) is 12.7. The minimum absolute atomic E-state index is 0.0298. The SMILES string of the molecule is CCCC(=O)Nc1c2c(nn1CC(=O)NCCc1ccccc1)CSC2. The van der Waals surface area contributed by atoms with Crippen LogP contribution in [0.5, 0.6) is 0 Å². The lowest BCUT2D eigenvalue weighted by Crippen LogP contribution is -2.30. The van der Waals surface area contributed by atoms with E-state index in [9.17, 15) is 9.59 Å². The molecular weight excluding hydrogens is 348 g/mol. The van der Waals surface area contributed by atoms with Crippen LogP contribution >= 0.6 is 11.8 Å². The Morgan fingerprint density at radius 1 is 1.19 bits per heavy atom. The molecule has 1 aromatic carbocycles. The van der Waals surface area contributed by atoms with Crippen LogP contribution < -0.4 is 10.6 Å². The van der Waals surface area contributed by atoms with Crippen LogP contribution in [0.3, 0.4) is 0 Å². The number of hydrogen-bond donors (Lipinski definition) is 2. The number of thioether (sulfide) groups is 1. The molecule has 7 heteroatoms. The molecule has 2 N–H and O–H groups in total. The molecule has 26 heavy (non-hydrogen) atoms. The predicted molar refractivity (Wildman–Crippen MR) is 104 cm³/mol. The summed E-state index contributed by atoms with van der Waals surface area (Å²) in [5.41, 5.74) is 3.21. The third kappa shape index (κ3) is 4.66. The summed E-state index contributed by atoms with van der Waals surface area (Å²) in [7, 11) is 0. The standard InChI is InChI=1S/C19H24N4O2S/c1-2-6-17(24)21-19-15-12-26-13-16(15)22-23(19)11-18(25)20-10-9-14-7-4-3-5-8-14/h3-5,7-8H,2,6,9-13H2,1H3,(H,20,25)(H,21,24). The van der Waals surface area contributed by atoms with Crippen LogP contribution in [0.25, 0.3) is 0 Å². The number of hydrogen-bond acceptors (Lipinski definition) is 4. The molecule has 0 atom stereocenters. The first-order valence-corrected chi connectivity index (χ1v) is 10.1. The second-order valence-electron chi connectivity index (χ2n) is 6.31. The summed E-state index contributed by atoms with van der Waals surface area (Å²) in [4.78, 5) is 24.3. The maximum absolute atomic E-state index is 12.3. The Morgan fingerprint density at radius 2 is 2.00 bits per heavy atom. The molecule has 0 bridgehead atoms. The van der Waals surface area contributed by atoms with Gasteiger partial charge in [0.15, 0.2) is 0 Å². The van der Waals surface area contributed by atoms with Gasteiger partial charge >= 0.3 is 0 Å². The highest BCUT2D eigenvalue weighted by Crippen LogP contribution is 2.34. The Kier molecular flexibility index (Phi) is 6.33. The third-order valence-electron chi connectivity index (χ3n) is 4.23. The van der Waals surface area contributed by atoms with E-state index in [1.54, 1.807) is 16.4 Å². The Bertz CT molecular complexity index is 773. The maximum Gasteiger partial charge on any atom is 0.241 e. The van der Waals surface area contributed by atoms with Crippen LogP contribution in [0.15, 0.2) is 30.3 Å². The number of amides is 2. The van der Waals surface area contributed by atoms with E-state index in [-0.39, 0.29) is 18.4 Å². The number of nitrogens with one attached hydrogen (secondary N) is 2. The summed E-state index contributed by atoms with van der Waals surface area (Å²) < 4.78 is 1.63. The Balaban J connectivity index is 1.59. The van der Waals surface area contributed by atoms with Crippen molar-refractivity contribution in [2.45, 2.75) is 44.2 Å². The van der Waals surface area contributed by atoms with Crippen molar-refractivity contribution in [3.8, 4) is 0 Å². The van der Waals surface area contributed by atoms with Gasteiger partial charge in [-0.25, -0.2) is 4.68 Å². The number of aromatic nitrogens is 2. The molecule has 2 heterocycles. The molecular formula is C19H24N4O2S. The topological polar surface area (TPSA) is 76.0 Å². The fraction of sp³-hybridized carbons (Fsp3) is 0.421. The zero-order chi connectivity index (χ0) is 18.4.